The van der Waals surface area contributed by atoms with Gasteiger partial charge in [-0.3, -0.25) is 9.59 Å². The third kappa shape index (κ3) is 4.20. The quantitative estimate of drug-likeness (QED) is 0.683. The number of sulfonamides is 1. The number of hydrogen-bond donors (Lipinski definition) is 2. The van der Waals surface area contributed by atoms with E-state index < -0.39 is 22.5 Å². The first-order valence-corrected chi connectivity index (χ1v) is 9.51. The van der Waals surface area contributed by atoms with Crippen LogP contribution in [0.5, 0.6) is 0 Å². The van der Waals surface area contributed by atoms with Crippen molar-refractivity contribution in [3.05, 3.63) is 24.0 Å². The molecule has 1 aromatic heterocycles. The summed E-state index contributed by atoms with van der Waals surface area (Å²) in [6, 6.07) is 4.76. The molecule has 9 nitrogen and oxygen atoms in total. The molecule has 0 saturated carbocycles. The van der Waals surface area contributed by atoms with Crippen molar-refractivity contribution >= 4 is 32.9 Å². The number of nitrogens with one attached hydrogen (secondary N) is 1. The van der Waals surface area contributed by atoms with Crippen molar-refractivity contribution in [3.63, 3.8) is 0 Å². The Kier molecular flexibility index (Phi) is 5.98. The molecule has 0 aliphatic carbocycles. The number of aliphatic carboxylic acids is 1. The topological polar surface area (TPSA) is 122 Å². The zero-order valence-corrected chi connectivity index (χ0v) is 15.7. The Morgan fingerprint density at radius 1 is 1.31 bits per heavy atom. The normalized spacial score (nSPS) is 11.8. The monoisotopic (exact) mass is 382 g/mol. The van der Waals surface area contributed by atoms with Crippen LogP contribution in [-0.4, -0.2) is 59.9 Å². The van der Waals surface area contributed by atoms with Crippen LogP contribution in [-0.2, 0) is 32.6 Å². The summed E-state index contributed by atoms with van der Waals surface area (Å²) in [7, 11) is -0.628. The van der Waals surface area contributed by atoms with Gasteiger partial charge in [-0.1, -0.05) is 0 Å². The number of benzene rings is 1. The van der Waals surface area contributed by atoms with E-state index in [-0.39, 0.29) is 17.2 Å². The molecule has 0 spiro atoms. The van der Waals surface area contributed by atoms with E-state index in [0.717, 1.165) is 9.82 Å². The van der Waals surface area contributed by atoms with Crippen LogP contribution in [0.25, 0.3) is 11.0 Å². The van der Waals surface area contributed by atoms with Gasteiger partial charge in [0.05, 0.1) is 15.9 Å². The van der Waals surface area contributed by atoms with Gasteiger partial charge >= 0.3 is 5.97 Å². The Bertz CT molecular complexity index is 934. The van der Waals surface area contributed by atoms with Crippen molar-refractivity contribution in [3.8, 4) is 0 Å². The highest BCUT2D eigenvalue weighted by atomic mass is 32.2. The fraction of sp³-hybridized carbons (Fsp3) is 0.438. The maximum absolute atomic E-state index is 12.3. The first-order valence-electron chi connectivity index (χ1n) is 8.07. The number of hydrogen-bond acceptors (Lipinski definition) is 5. The molecule has 0 aliphatic heterocycles. The lowest BCUT2D eigenvalue weighted by Gasteiger charge is -2.11. The number of imidazole rings is 1. The maximum atomic E-state index is 12.3. The maximum Gasteiger partial charge on any atom is 0.322 e. The summed E-state index contributed by atoms with van der Waals surface area (Å²) in [6.07, 6.45) is 0.420. The predicted molar refractivity (Wildman–Crippen MR) is 95.2 cm³/mol. The van der Waals surface area contributed by atoms with E-state index in [9.17, 15) is 18.0 Å². The van der Waals surface area contributed by atoms with E-state index in [2.05, 4.69) is 10.3 Å². The standard InChI is InChI=1S/C16H22N4O5S/c1-4-20-13-6-5-11(26(24,25)19(2)3)9-12(13)18-14(20)7-8-15(21)17-10-16(22)23/h5-6,9H,4,7-8,10H2,1-3H3,(H,17,21)(H,22,23). The van der Waals surface area contributed by atoms with E-state index in [0.29, 0.717) is 24.3 Å². The lowest BCUT2D eigenvalue weighted by Crippen LogP contribution is -2.29. The summed E-state index contributed by atoms with van der Waals surface area (Å²) >= 11 is 0. The van der Waals surface area contributed by atoms with Gasteiger partial charge in [-0.2, -0.15) is 0 Å². The van der Waals surface area contributed by atoms with Crippen LogP contribution in [0.4, 0.5) is 0 Å². The second-order valence-corrected chi connectivity index (χ2v) is 8.03. The van der Waals surface area contributed by atoms with Crippen molar-refractivity contribution in [2.75, 3.05) is 20.6 Å². The molecule has 1 aromatic carbocycles. The molecule has 0 saturated heterocycles. The summed E-state index contributed by atoms with van der Waals surface area (Å²) in [4.78, 5) is 26.8. The molecule has 142 valence electrons. The fourth-order valence-electron chi connectivity index (χ4n) is 2.56. The molecular formula is C16H22N4O5S. The molecule has 1 amide bonds. The van der Waals surface area contributed by atoms with Gasteiger partial charge in [0.2, 0.25) is 15.9 Å². The smallest absolute Gasteiger partial charge is 0.322 e. The van der Waals surface area contributed by atoms with Crippen LogP contribution >= 0.6 is 0 Å². The zero-order chi connectivity index (χ0) is 19.5. The Morgan fingerprint density at radius 2 is 2.00 bits per heavy atom. The van der Waals surface area contributed by atoms with Gasteiger partial charge in [0, 0.05) is 33.5 Å². The summed E-state index contributed by atoms with van der Waals surface area (Å²) in [6.45, 7) is 2.12. The lowest BCUT2D eigenvalue weighted by molar-refractivity contribution is -0.137. The lowest BCUT2D eigenvalue weighted by atomic mass is 10.2. The molecule has 0 radical (unpaired) electrons. The highest BCUT2D eigenvalue weighted by Crippen LogP contribution is 2.22. The van der Waals surface area contributed by atoms with Crippen molar-refractivity contribution in [1.82, 2.24) is 19.2 Å². The Morgan fingerprint density at radius 3 is 2.58 bits per heavy atom. The number of rotatable bonds is 8. The minimum atomic E-state index is -3.56. The van der Waals surface area contributed by atoms with Crippen LogP contribution in [0.15, 0.2) is 23.1 Å². The van der Waals surface area contributed by atoms with Crippen LogP contribution in [0.3, 0.4) is 0 Å². The molecule has 2 N–H and O–H groups in total. The molecule has 10 heteroatoms. The first kappa shape index (κ1) is 19.9. The van der Waals surface area contributed by atoms with Crippen molar-refractivity contribution < 1.29 is 23.1 Å². The number of amides is 1. The van der Waals surface area contributed by atoms with E-state index in [1.165, 1.54) is 26.2 Å². The molecule has 2 rings (SSSR count). The van der Waals surface area contributed by atoms with Crippen molar-refractivity contribution in [2.24, 2.45) is 0 Å². The van der Waals surface area contributed by atoms with Gasteiger partial charge < -0.3 is 15.0 Å². The largest absolute Gasteiger partial charge is 0.480 e. The number of nitrogens with zero attached hydrogens (tertiary/aromatic N) is 3. The second-order valence-electron chi connectivity index (χ2n) is 5.88. The molecule has 0 atom stereocenters. The van der Waals surface area contributed by atoms with Gasteiger partial charge in [-0.15, -0.1) is 0 Å². The minimum Gasteiger partial charge on any atom is -0.480 e. The van der Waals surface area contributed by atoms with Gasteiger partial charge in [-0.25, -0.2) is 17.7 Å². The number of fused-ring (bicyclic) bond motifs is 1. The van der Waals surface area contributed by atoms with Crippen LogP contribution in [0, 0.1) is 0 Å². The van der Waals surface area contributed by atoms with E-state index in [1.807, 2.05) is 11.5 Å². The summed E-state index contributed by atoms with van der Waals surface area (Å²) in [5.41, 5.74) is 1.32. The molecule has 0 fully saturated rings. The molecule has 1 heterocycles. The molecule has 2 aromatic rings. The van der Waals surface area contributed by atoms with Gasteiger partial charge in [-0.05, 0) is 25.1 Å². The predicted octanol–water partition coefficient (Wildman–Crippen LogP) is 0.440. The van der Waals surface area contributed by atoms with E-state index in [4.69, 9.17) is 5.11 Å². The molecular weight excluding hydrogens is 360 g/mol. The van der Waals surface area contributed by atoms with E-state index >= 15 is 0 Å². The number of aryl methyl sites for hydroxylation is 2. The molecule has 26 heavy (non-hydrogen) atoms. The SMILES string of the molecule is CCn1c(CCC(=O)NCC(=O)O)nc2cc(S(=O)(=O)N(C)C)ccc21. The number of carbonyl (C=O) groups is 2. The van der Waals surface area contributed by atoms with Gasteiger partial charge in [0.1, 0.15) is 12.4 Å². The average molecular weight is 382 g/mol. The van der Waals surface area contributed by atoms with Crippen molar-refractivity contribution in [1.29, 1.82) is 0 Å². The second kappa shape index (κ2) is 7.83. The Balaban J connectivity index is 2.28. The Hall–Kier alpha value is -2.46. The summed E-state index contributed by atoms with van der Waals surface area (Å²) in [5.74, 6) is -0.834. The van der Waals surface area contributed by atoms with Crippen molar-refractivity contribution in [2.45, 2.75) is 31.2 Å². The highest BCUT2D eigenvalue weighted by molar-refractivity contribution is 7.89. The van der Waals surface area contributed by atoms with Crippen LogP contribution < -0.4 is 5.32 Å². The molecule has 0 unspecified atom stereocenters. The zero-order valence-electron chi connectivity index (χ0n) is 14.9. The van der Waals surface area contributed by atoms with Gasteiger partial charge in [0.15, 0.2) is 0 Å². The third-order valence-corrected chi connectivity index (χ3v) is 5.72. The number of aromatic nitrogens is 2. The number of carboxylic acids is 1. The minimum absolute atomic E-state index is 0.0967. The summed E-state index contributed by atoms with van der Waals surface area (Å²) in [5, 5.41) is 10.9. The highest BCUT2D eigenvalue weighted by Gasteiger charge is 2.19. The number of carboxylic acid groups (broad SMARTS) is 1. The van der Waals surface area contributed by atoms with E-state index in [1.54, 1.807) is 6.07 Å². The molecule has 0 aliphatic rings. The number of carbonyl (C=O) groups excluding carboxylic acids is 1. The molecule has 0 bridgehead atoms. The fourth-order valence-corrected chi connectivity index (χ4v) is 3.48. The average Bonchev–Trinajstić information content (AvgIpc) is 2.94. The third-order valence-electron chi connectivity index (χ3n) is 3.91. The van der Waals surface area contributed by atoms with Gasteiger partial charge in [0.25, 0.3) is 0 Å². The summed E-state index contributed by atoms with van der Waals surface area (Å²) < 4.78 is 27.6. The Labute approximate surface area is 151 Å². The van der Waals surface area contributed by atoms with Crippen LogP contribution in [0.1, 0.15) is 19.2 Å². The first-order chi connectivity index (χ1) is 12.2. The van der Waals surface area contributed by atoms with Crippen LogP contribution in [0.2, 0.25) is 0 Å².